The number of rotatable bonds is 7. The number of methoxy groups -OCH3 is 1. The van der Waals surface area contributed by atoms with Gasteiger partial charge in [0.2, 0.25) is 0 Å². The Morgan fingerprint density at radius 3 is 2.53 bits per heavy atom. The van der Waals surface area contributed by atoms with Crippen LogP contribution in [0.4, 0.5) is 10.1 Å². The molecule has 3 aromatic rings. The van der Waals surface area contributed by atoms with Crippen LogP contribution in [0.15, 0.2) is 65.8 Å². The molecule has 0 radical (unpaired) electrons. The van der Waals surface area contributed by atoms with Crippen molar-refractivity contribution in [2.75, 3.05) is 12.4 Å². The lowest BCUT2D eigenvalue weighted by molar-refractivity contribution is -0.136. The molecule has 0 spiro atoms. The molecule has 0 aliphatic heterocycles. The number of nitrogens with zero attached hydrogens (tertiary/aromatic N) is 1. The second kappa shape index (κ2) is 11.3. The lowest BCUT2D eigenvalue weighted by Crippen LogP contribution is -2.33. The van der Waals surface area contributed by atoms with E-state index < -0.39 is 11.8 Å². The van der Waals surface area contributed by atoms with Gasteiger partial charge in [-0.2, -0.15) is 5.10 Å². The fourth-order valence-electron chi connectivity index (χ4n) is 2.95. The summed E-state index contributed by atoms with van der Waals surface area (Å²) in [6.07, 6.45) is 0. The lowest BCUT2D eigenvalue weighted by Gasteiger charge is -2.13. The monoisotopic (exact) mass is 483 g/mol. The number of anilines is 1. The average Bonchev–Trinajstić information content (AvgIpc) is 2.84. The first-order valence-electron chi connectivity index (χ1n) is 10.3. The van der Waals surface area contributed by atoms with Crippen LogP contribution in [-0.2, 0) is 16.2 Å². The van der Waals surface area contributed by atoms with Crippen molar-refractivity contribution in [1.82, 2.24) is 5.43 Å². The highest BCUT2D eigenvalue weighted by Crippen LogP contribution is 2.29. The molecule has 0 bridgehead atoms. The molecule has 2 N–H and O–H groups in total. The summed E-state index contributed by atoms with van der Waals surface area (Å²) in [4.78, 5) is 24.3. The van der Waals surface area contributed by atoms with Crippen LogP contribution in [0.5, 0.6) is 11.5 Å². The number of halogens is 2. The Bertz CT molecular complexity index is 1250. The molecule has 9 heteroatoms. The van der Waals surface area contributed by atoms with Gasteiger partial charge in [-0.05, 0) is 55.8 Å². The van der Waals surface area contributed by atoms with Crippen molar-refractivity contribution in [3.8, 4) is 11.5 Å². The minimum absolute atomic E-state index is 0.0344. The predicted molar refractivity (Wildman–Crippen MR) is 129 cm³/mol. The van der Waals surface area contributed by atoms with Gasteiger partial charge >= 0.3 is 11.8 Å². The van der Waals surface area contributed by atoms with Gasteiger partial charge in [0.15, 0.2) is 11.5 Å². The molecule has 0 saturated carbocycles. The van der Waals surface area contributed by atoms with E-state index in [1.807, 2.05) is 0 Å². The van der Waals surface area contributed by atoms with Crippen LogP contribution >= 0.6 is 11.6 Å². The quantitative estimate of drug-likeness (QED) is 0.285. The lowest BCUT2D eigenvalue weighted by atomic mass is 10.1. The van der Waals surface area contributed by atoms with Gasteiger partial charge < -0.3 is 14.8 Å². The first-order chi connectivity index (χ1) is 16.3. The first-order valence-corrected chi connectivity index (χ1v) is 10.6. The maximum atomic E-state index is 13.8. The number of benzene rings is 3. The van der Waals surface area contributed by atoms with Gasteiger partial charge in [-0.25, -0.2) is 9.82 Å². The minimum Gasteiger partial charge on any atom is -0.493 e. The molecule has 2 amide bonds. The van der Waals surface area contributed by atoms with Gasteiger partial charge in [0.05, 0.1) is 12.8 Å². The normalized spacial score (nSPS) is 11.0. The second-order valence-electron chi connectivity index (χ2n) is 7.25. The van der Waals surface area contributed by atoms with E-state index in [1.165, 1.54) is 13.2 Å². The summed E-state index contributed by atoms with van der Waals surface area (Å²) in [5.41, 5.74) is 4.79. The minimum atomic E-state index is -0.935. The fourth-order valence-corrected chi connectivity index (χ4v) is 3.13. The van der Waals surface area contributed by atoms with E-state index in [0.29, 0.717) is 44.6 Å². The Hall–Kier alpha value is -3.91. The van der Waals surface area contributed by atoms with Crippen LogP contribution in [0.2, 0.25) is 5.02 Å². The van der Waals surface area contributed by atoms with Gasteiger partial charge in [-0.15, -0.1) is 0 Å². The average molecular weight is 484 g/mol. The van der Waals surface area contributed by atoms with E-state index in [1.54, 1.807) is 68.4 Å². The molecule has 0 heterocycles. The highest BCUT2D eigenvalue weighted by atomic mass is 35.5. The van der Waals surface area contributed by atoms with Crippen molar-refractivity contribution in [2.45, 2.75) is 20.5 Å². The number of hydrazone groups is 1. The van der Waals surface area contributed by atoms with E-state index in [4.69, 9.17) is 21.1 Å². The maximum Gasteiger partial charge on any atom is 0.329 e. The Morgan fingerprint density at radius 1 is 1.03 bits per heavy atom. The molecule has 34 heavy (non-hydrogen) atoms. The van der Waals surface area contributed by atoms with Crippen molar-refractivity contribution < 1.29 is 23.5 Å². The Kier molecular flexibility index (Phi) is 8.21. The molecule has 3 rings (SSSR count). The summed E-state index contributed by atoms with van der Waals surface area (Å²) < 4.78 is 24.9. The maximum absolute atomic E-state index is 13.8. The molecular weight excluding hydrogens is 461 g/mol. The number of carbonyl (C=O) groups excluding carboxylic acids is 2. The third-order valence-corrected chi connectivity index (χ3v) is 5.38. The van der Waals surface area contributed by atoms with Crippen molar-refractivity contribution in [3.05, 3.63) is 88.2 Å². The van der Waals surface area contributed by atoms with E-state index in [2.05, 4.69) is 15.8 Å². The van der Waals surface area contributed by atoms with Crippen molar-refractivity contribution in [3.63, 3.8) is 0 Å². The number of nitrogens with one attached hydrogen (secondary N) is 2. The van der Waals surface area contributed by atoms with E-state index in [-0.39, 0.29) is 12.4 Å². The number of carbonyl (C=O) groups is 2. The Morgan fingerprint density at radius 2 is 1.79 bits per heavy atom. The van der Waals surface area contributed by atoms with Gasteiger partial charge in [-0.1, -0.05) is 35.9 Å². The van der Waals surface area contributed by atoms with E-state index in [0.717, 1.165) is 0 Å². The molecule has 0 aromatic heterocycles. The third kappa shape index (κ3) is 6.11. The van der Waals surface area contributed by atoms with Crippen LogP contribution in [0.25, 0.3) is 0 Å². The number of ether oxygens (including phenoxy) is 2. The Balaban J connectivity index is 1.65. The Labute approximate surface area is 201 Å². The molecule has 7 nitrogen and oxygen atoms in total. The third-order valence-electron chi connectivity index (χ3n) is 4.97. The summed E-state index contributed by atoms with van der Waals surface area (Å²) in [6, 6.07) is 16.4. The van der Waals surface area contributed by atoms with E-state index in [9.17, 15) is 14.0 Å². The standard InChI is InChI=1S/C25H23ClFN3O4/c1-15-19(26)8-6-10-21(15)28-24(31)25(32)30-29-16(2)17-11-12-22(23(13-17)33-3)34-14-18-7-4-5-9-20(18)27/h4-13H,14H2,1-3H3,(H,28,31)(H,30,32). The molecule has 176 valence electrons. The summed E-state index contributed by atoms with van der Waals surface area (Å²) in [5, 5.41) is 6.97. The number of hydrogen-bond donors (Lipinski definition) is 2. The molecule has 3 aromatic carbocycles. The summed E-state index contributed by atoms with van der Waals surface area (Å²) in [6.45, 7) is 3.43. The van der Waals surface area contributed by atoms with Crippen LogP contribution in [0.1, 0.15) is 23.6 Å². The topological polar surface area (TPSA) is 89.0 Å². The number of amides is 2. The molecule has 0 aliphatic rings. The largest absolute Gasteiger partial charge is 0.493 e. The highest BCUT2D eigenvalue weighted by Gasteiger charge is 2.15. The zero-order chi connectivity index (χ0) is 24.7. The van der Waals surface area contributed by atoms with Crippen molar-refractivity contribution in [1.29, 1.82) is 0 Å². The molecule has 0 atom stereocenters. The molecule has 0 unspecified atom stereocenters. The van der Waals surface area contributed by atoms with Gasteiger partial charge in [0, 0.05) is 21.8 Å². The SMILES string of the molecule is COc1cc(C(C)=NNC(=O)C(=O)Nc2cccc(Cl)c2C)ccc1OCc1ccccc1F. The highest BCUT2D eigenvalue weighted by molar-refractivity contribution is 6.40. The number of hydrogen-bond acceptors (Lipinski definition) is 5. The zero-order valence-electron chi connectivity index (χ0n) is 18.8. The zero-order valence-corrected chi connectivity index (χ0v) is 19.6. The summed E-state index contributed by atoms with van der Waals surface area (Å²) >= 11 is 6.03. The van der Waals surface area contributed by atoms with Crippen molar-refractivity contribution >= 4 is 34.8 Å². The van der Waals surface area contributed by atoms with Crippen LogP contribution in [0.3, 0.4) is 0 Å². The van der Waals surface area contributed by atoms with Gasteiger partial charge in [0.25, 0.3) is 0 Å². The van der Waals surface area contributed by atoms with Gasteiger partial charge in [-0.3, -0.25) is 9.59 Å². The summed E-state index contributed by atoms with van der Waals surface area (Å²) in [5.74, 6) is -1.34. The predicted octanol–water partition coefficient (Wildman–Crippen LogP) is 4.85. The fraction of sp³-hybridized carbons (Fsp3) is 0.160. The molecule has 0 fully saturated rings. The van der Waals surface area contributed by atoms with Crippen molar-refractivity contribution in [2.24, 2.45) is 5.10 Å². The smallest absolute Gasteiger partial charge is 0.329 e. The van der Waals surface area contributed by atoms with Gasteiger partial charge in [0.1, 0.15) is 12.4 Å². The second-order valence-corrected chi connectivity index (χ2v) is 7.66. The summed E-state index contributed by atoms with van der Waals surface area (Å²) in [7, 11) is 1.48. The van der Waals surface area contributed by atoms with Crippen LogP contribution < -0.4 is 20.2 Å². The first kappa shape index (κ1) is 24.7. The molecule has 0 saturated heterocycles. The molecule has 0 aliphatic carbocycles. The molecular formula is C25H23ClFN3O4. The van der Waals surface area contributed by atoms with Crippen LogP contribution in [0, 0.1) is 12.7 Å². The van der Waals surface area contributed by atoms with E-state index >= 15 is 0 Å². The van der Waals surface area contributed by atoms with Crippen LogP contribution in [-0.4, -0.2) is 24.6 Å².